The van der Waals surface area contributed by atoms with Crippen molar-refractivity contribution >= 4 is 5.96 Å². The average molecular weight is 343 g/mol. The van der Waals surface area contributed by atoms with Gasteiger partial charge in [0.05, 0.1) is 6.54 Å². The summed E-state index contributed by atoms with van der Waals surface area (Å²) in [7, 11) is 0. The van der Waals surface area contributed by atoms with Crippen molar-refractivity contribution in [2.75, 3.05) is 26.2 Å². The first-order valence-electron chi connectivity index (χ1n) is 8.89. The third kappa shape index (κ3) is 6.49. The van der Waals surface area contributed by atoms with Crippen molar-refractivity contribution in [2.24, 2.45) is 4.99 Å². The van der Waals surface area contributed by atoms with Crippen LogP contribution in [0.25, 0.3) is 0 Å². The molecule has 0 radical (unpaired) electrons. The van der Waals surface area contributed by atoms with Crippen LogP contribution in [0.2, 0.25) is 0 Å². The van der Waals surface area contributed by atoms with Crippen LogP contribution in [0, 0.1) is 13.8 Å². The monoisotopic (exact) mass is 343 g/mol. The molecule has 2 rings (SSSR count). The molecule has 0 atom stereocenters. The second-order valence-electron chi connectivity index (χ2n) is 5.88. The summed E-state index contributed by atoms with van der Waals surface area (Å²) in [6.07, 6.45) is 4.72. The maximum Gasteiger partial charge on any atom is 0.191 e. The van der Waals surface area contributed by atoms with Gasteiger partial charge in [-0.25, -0.2) is 0 Å². The van der Waals surface area contributed by atoms with E-state index in [1.54, 1.807) is 6.20 Å². The summed E-state index contributed by atoms with van der Waals surface area (Å²) < 4.78 is 7.84. The van der Waals surface area contributed by atoms with Gasteiger partial charge in [-0.1, -0.05) is 18.2 Å². The summed E-state index contributed by atoms with van der Waals surface area (Å²) >= 11 is 0. The van der Waals surface area contributed by atoms with E-state index < -0.39 is 0 Å². The molecule has 0 saturated heterocycles. The van der Waals surface area contributed by atoms with Crippen molar-refractivity contribution in [2.45, 2.75) is 33.7 Å². The molecule has 0 fully saturated rings. The maximum atomic E-state index is 5.91. The molecule has 6 heteroatoms. The molecule has 1 aromatic carbocycles. The Morgan fingerprint density at radius 1 is 1.20 bits per heavy atom. The van der Waals surface area contributed by atoms with Gasteiger partial charge in [-0.3, -0.25) is 9.67 Å². The molecule has 2 N–H and O–H groups in total. The summed E-state index contributed by atoms with van der Waals surface area (Å²) in [5.74, 6) is 1.80. The molecule has 0 unspecified atom stereocenters. The third-order valence-electron chi connectivity index (χ3n) is 3.77. The predicted molar refractivity (Wildman–Crippen MR) is 102 cm³/mol. The number of ether oxygens (including phenoxy) is 1. The minimum atomic E-state index is 0.601. The van der Waals surface area contributed by atoms with Gasteiger partial charge in [0.1, 0.15) is 12.4 Å². The Labute approximate surface area is 150 Å². The van der Waals surface area contributed by atoms with Gasteiger partial charge in [-0.15, -0.1) is 0 Å². The first-order chi connectivity index (χ1) is 12.2. The lowest BCUT2D eigenvalue weighted by Gasteiger charge is -2.14. The second-order valence-corrected chi connectivity index (χ2v) is 5.88. The highest BCUT2D eigenvalue weighted by Crippen LogP contribution is 2.21. The lowest BCUT2D eigenvalue weighted by molar-refractivity contribution is 0.317. The Kier molecular flexibility index (Phi) is 7.82. The van der Waals surface area contributed by atoms with Crippen molar-refractivity contribution in [1.29, 1.82) is 0 Å². The number of aliphatic imine (C=N–C) groups is 1. The Balaban J connectivity index is 1.72. The normalized spacial score (nSPS) is 11.4. The quantitative estimate of drug-likeness (QED) is 0.417. The topological polar surface area (TPSA) is 63.5 Å². The number of aromatic nitrogens is 2. The molecule has 0 aliphatic rings. The van der Waals surface area contributed by atoms with Crippen LogP contribution in [0.4, 0.5) is 0 Å². The number of para-hydroxylation sites is 1. The number of benzene rings is 1. The molecule has 0 bridgehead atoms. The highest BCUT2D eigenvalue weighted by Gasteiger charge is 2.03. The summed E-state index contributed by atoms with van der Waals surface area (Å²) in [6, 6.07) is 8.13. The molecule has 0 aliphatic heterocycles. The lowest BCUT2D eigenvalue weighted by atomic mass is 10.1. The van der Waals surface area contributed by atoms with Crippen LogP contribution in [0.5, 0.6) is 5.75 Å². The Morgan fingerprint density at radius 2 is 2.00 bits per heavy atom. The van der Waals surface area contributed by atoms with E-state index in [4.69, 9.17) is 4.74 Å². The van der Waals surface area contributed by atoms with E-state index in [2.05, 4.69) is 59.7 Å². The SMILES string of the molecule is CCNC(=NCCCn1cccn1)NCCOc1c(C)cccc1C. The maximum absolute atomic E-state index is 5.91. The van der Waals surface area contributed by atoms with E-state index in [1.165, 1.54) is 11.1 Å². The van der Waals surface area contributed by atoms with E-state index in [-0.39, 0.29) is 0 Å². The molecule has 136 valence electrons. The highest BCUT2D eigenvalue weighted by molar-refractivity contribution is 5.79. The van der Waals surface area contributed by atoms with E-state index in [9.17, 15) is 0 Å². The largest absolute Gasteiger partial charge is 0.491 e. The number of nitrogens with zero attached hydrogens (tertiary/aromatic N) is 3. The van der Waals surface area contributed by atoms with Crippen molar-refractivity contribution in [3.8, 4) is 5.75 Å². The molecule has 1 aromatic heterocycles. The molecule has 6 nitrogen and oxygen atoms in total. The van der Waals surface area contributed by atoms with Gasteiger partial charge in [0, 0.05) is 32.0 Å². The molecule has 1 heterocycles. The summed E-state index contributed by atoms with van der Waals surface area (Å²) in [4.78, 5) is 4.59. The number of aryl methyl sites for hydroxylation is 3. The van der Waals surface area contributed by atoms with E-state index in [1.807, 2.05) is 16.9 Å². The molecule has 0 spiro atoms. The van der Waals surface area contributed by atoms with Gasteiger partial charge in [-0.05, 0) is 44.4 Å². The molecular formula is C19H29N5O. The zero-order valence-corrected chi connectivity index (χ0v) is 15.5. The van der Waals surface area contributed by atoms with Crippen molar-refractivity contribution in [3.05, 3.63) is 47.8 Å². The predicted octanol–water partition coefficient (Wildman–Crippen LogP) is 2.52. The Hall–Kier alpha value is -2.50. The average Bonchev–Trinajstić information content (AvgIpc) is 3.11. The minimum absolute atomic E-state index is 0.601. The number of hydrogen-bond acceptors (Lipinski definition) is 3. The standard InChI is InChI=1S/C19H29N5O/c1-4-20-19(21-10-6-13-24-14-7-11-23-24)22-12-15-25-18-16(2)8-5-9-17(18)3/h5,7-9,11,14H,4,6,10,12-13,15H2,1-3H3,(H2,20,21,22). The Bertz CT molecular complexity index is 632. The Morgan fingerprint density at radius 3 is 2.68 bits per heavy atom. The smallest absolute Gasteiger partial charge is 0.191 e. The molecule has 0 saturated carbocycles. The van der Waals surface area contributed by atoms with Gasteiger partial charge in [0.2, 0.25) is 0 Å². The third-order valence-corrected chi connectivity index (χ3v) is 3.77. The van der Waals surface area contributed by atoms with E-state index >= 15 is 0 Å². The van der Waals surface area contributed by atoms with Crippen LogP contribution < -0.4 is 15.4 Å². The van der Waals surface area contributed by atoms with Crippen LogP contribution in [0.3, 0.4) is 0 Å². The van der Waals surface area contributed by atoms with Crippen LogP contribution in [-0.4, -0.2) is 42.0 Å². The minimum Gasteiger partial charge on any atom is -0.491 e. The molecule has 25 heavy (non-hydrogen) atoms. The lowest BCUT2D eigenvalue weighted by Crippen LogP contribution is -2.39. The van der Waals surface area contributed by atoms with Gasteiger partial charge in [-0.2, -0.15) is 5.10 Å². The van der Waals surface area contributed by atoms with Gasteiger partial charge < -0.3 is 15.4 Å². The summed E-state index contributed by atoms with van der Waals surface area (Å²) in [6.45, 7) is 9.99. The fourth-order valence-electron chi connectivity index (χ4n) is 2.55. The molecular weight excluding hydrogens is 314 g/mol. The first kappa shape index (κ1) is 18.8. The fraction of sp³-hybridized carbons (Fsp3) is 0.474. The van der Waals surface area contributed by atoms with E-state index in [0.717, 1.165) is 37.8 Å². The van der Waals surface area contributed by atoms with Crippen LogP contribution in [0.15, 0.2) is 41.7 Å². The highest BCUT2D eigenvalue weighted by atomic mass is 16.5. The van der Waals surface area contributed by atoms with Crippen LogP contribution in [0.1, 0.15) is 24.5 Å². The van der Waals surface area contributed by atoms with Crippen molar-refractivity contribution < 1.29 is 4.74 Å². The zero-order chi connectivity index (χ0) is 17.9. The molecule has 0 aliphatic carbocycles. The summed E-state index contributed by atoms with van der Waals surface area (Å²) in [5.41, 5.74) is 2.33. The van der Waals surface area contributed by atoms with Gasteiger partial charge in [0.25, 0.3) is 0 Å². The zero-order valence-electron chi connectivity index (χ0n) is 15.5. The number of nitrogens with one attached hydrogen (secondary N) is 2. The second kappa shape index (κ2) is 10.4. The van der Waals surface area contributed by atoms with Gasteiger partial charge >= 0.3 is 0 Å². The van der Waals surface area contributed by atoms with Crippen molar-refractivity contribution in [3.63, 3.8) is 0 Å². The number of guanidine groups is 1. The van der Waals surface area contributed by atoms with Crippen molar-refractivity contribution in [1.82, 2.24) is 20.4 Å². The van der Waals surface area contributed by atoms with Crippen LogP contribution in [-0.2, 0) is 6.54 Å². The van der Waals surface area contributed by atoms with E-state index in [0.29, 0.717) is 13.2 Å². The molecule has 0 amide bonds. The summed E-state index contributed by atoms with van der Waals surface area (Å²) in [5, 5.41) is 10.8. The first-order valence-corrected chi connectivity index (χ1v) is 8.89. The van der Waals surface area contributed by atoms with Gasteiger partial charge in [0.15, 0.2) is 5.96 Å². The number of hydrogen-bond donors (Lipinski definition) is 2. The van der Waals surface area contributed by atoms with Crippen LogP contribution >= 0.6 is 0 Å². The number of rotatable bonds is 9. The fourth-order valence-corrected chi connectivity index (χ4v) is 2.55. The molecule has 2 aromatic rings.